The van der Waals surface area contributed by atoms with Crippen LogP contribution in [-0.4, -0.2) is 27.7 Å². The molecule has 0 saturated carbocycles. The third kappa shape index (κ3) is 7.53. The van der Waals surface area contributed by atoms with Crippen molar-refractivity contribution in [1.29, 1.82) is 0 Å². The van der Waals surface area contributed by atoms with E-state index in [-0.39, 0.29) is 17.3 Å². The number of ether oxygens (including phenoxy) is 1. The van der Waals surface area contributed by atoms with Gasteiger partial charge >= 0.3 is 0 Å². The van der Waals surface area contributed by atoms with Crippen molar-refractivity contribution in [2.75, 3.05) is 0 Å². The third-order valence-electron chi connectivity index (χ3n) is 6.11. The Bertz CT molecular complexity index is 821. The number of phenolic OH excluding ortho intramolecular Hbond substituents is 1. The molecular weight excluding hydrogens is 388 g/mol. The Morgan fingerprint density at radius 3 is 2.68 bits per heavy atom. The van der Waals surface area contributed by atoms with Crippen LogP contribution in [0.2, 0.25) is 0 Å². The van der Waals surface area contributed by atoms with Crippen molar-refractivity contribution in [3.8, 4) is 11.5 Å². The minimum Gasteiger partial charge on any atom is -0.508 e. The predicted molar refractivity (Wildman–Crippen MR) is 127 cm³/mol. The molecule has 0 amide bonds. The molecule has 1 heterocycles. The molecule has 1 aliphatic rings. The summed E-state index contributed by atoms with van der Waals surface area (Å²) in [5, 5.41) is 19.8. The van der Waals surface area contributed by atoms with Gasteiger partial charge in [-0.2, -0.15) is 0 Å². The van der Waals surface area contributed by atoms with Gasteiger partial charge in [-0.05, 0) is 88.5 Å². The number of aliphatic hydroxyl groups is 1. The van der Waals surface area contributed by atoms with E-state index in [1.165, 1.54) is 5.57 Å². The van der Waals surface area contributed by atoms with Gasteiger partial charge in [0.1, 0.15) is 23.2 Å². The molecular formula is C27H40O4. The smallest absolute Gasteiger partial charge is 0.167 e. The lowest BCUT2D eigenvalue weighted by Gasteiger charge is -2.36. The van der Waals surface area contributed by atoms with Gasteiger partial charge in [-0.25, -0.2) is 0 Å². The van der Waals surface area contributed by atoms with Crippen LogP contribution < -0.4 is 4.74 Å². The maximum atomic E-state index is 12.2. The van der Waals surface area contributed by atoms with Gasteiger partial charge in [-0.15, -0.1) is 0 Å². The van der Waals surface area contributed by atoms with Crippen LogP contribution in [0.15, 0.2) is 35.9 Å². The van der Waals surface area contributed by atoms with Gasteiger partial charge in [0, 0.05) is 5.92 Å². The first-order valence-corrected chi connectivity index (χ1v) is 11.6. The van der Waals surface area contributed by atoms with E-state index in [0.717, 1.165) is 49.0 Å². The minimum absolute atomic E-state index is 0.0992. The zero-order valence-corrected chi connectivity index (χ0v) is 20.1. The van der Waals surface area contributed by atoms with Crippen LogP contribution >= 0.6 is 0 Å². The van der Waals surface area contributed by atoms with Crippen molar-refractivity contribution in [1.82, 2.24) is 0 Å². The maximum Gasteiger partial charge on any atom is 0.167 e. The number of aliphatic hydroxyl groups excluding tert-OH is 1. The highest BCUT2D eigenvalue weighted by atomic mass is 16.5. The fourth-order valence-electron chi connectivity index (χ4n) is 4.16. The summed E-state index contributed by atoms with van der Waals surface area (Å²) in [6, 6.07) is 3.57. The number of ketones is 1. The number of rotatable bonds is 10. The Morgan fingerprint density at radius 2 is 2.00 bits per heavy atom. The van der Waals surface area contributed by atoms with E-state index in [9.17, 15) is 15.0 Å². The third-order valence-corrected chi connectivity index (χ3v) is 6.11. The molecule has 1 aliphatic heterocycles. The monoisotopic (exact) mass is 428 g/mol. The largest absolute Gasteiger partial charge is 0.508 e. The number of allylic oxidation sites excluding steroid dienone is 4. The average molecular weight is 429 g/mol. The number of aromatic hydroxyl groups is 1. The fourth-order valence-corrected chi connectivity index (χ4v) is 4.16. The summed E-state index contributed by atoms with van der Waals surface area (Å²) >= 11 is 0. The molecule has 0 fully saturated rings. The second-order valence-electron chi connectivity index (χ2n) is 9.86. The molecule has 31 heavy (non-hydrogen) atoms. The van der Waals surface area contributed by atoms with Crippen LogP contribution in [0.5, 0.6) is 11.5 Å². The number of carbonyl (C=O) groups excluding carboxylic acids is 1. The molecule has 0 bridgehead atoms. The summed E-state index contributed by atoms with van der Waals surface area (Å²) < 4.78 is 6.36. The minimum atomic E-state index is -0.870. The second kappa shape index (κ2) is 11.0. The van der Waals surface area contributed by atoms with E-state index in [1.807, 2.05) is 45.9 Å². The molecule has 172 valence electrons. The number of benzene rings is 1. The average Bonchev–Trinajstić information content (AvgIpc) is 2.67. The SMILES string of the molecule is C/C(=C\CC[C@]1(C)CCc2cc(O)cc(C)c2O1)C/C=C\[C@H](C)C(=O)[C@H](O)CC(C)C. The van der Waals surface area contributed by atoms with Crippen LogP contribution in [0.1, 0.15) is 77.8 Å². The van der Waals surface area contributed by atoms with Gasteiger partial charge in [0.2, 0.25) is 0 Å². The van der Waals surface area contributed by atoms with Crippen molar-refractivity contribution in [3.05, 3.63) is 47.1 Å². The van der Waals surface area contributed by atoms with Crippen LogP contribution in [0.4, 0.5) is 0 Å². The molecule has 2 N–H and O–H groups in total. The summed E-state index contributed by atoms with van der Waals surface area (Å²) in [5.74, 6) is 1.17. The van der Waals surface area contributed by atoms with Crippen molar-refractivity contribution in [2.24, 2.45) is 11.8 Å². The fraction of sp³-hybridized carbons (Fsp3) is 0.593. The lowest BCUT2D eigenvalue weighted by molar-refractivity contribution is -0.130. The summed E-state index contributed by atoms with van der Waals surface area (Å²) in [6.45, 7) is 12.1. The first-order valence-electron chi connectivity index (χ1n) is 11.6. The lowest BCUT2D eigenvalue weighted by atomic mass is 9.87. The summed E-state index contributed by atoms with van der Waals surface area (Å²) in [7, 11) is 0. The standard InChI is InChI=1S/C27H40O4/c1-18(2)15-24(29)25(30)20(4)11-7-9-19(3)10-8-13-27(6)14-12-22-17-23(28)16-21(5)26(22)31-27/h7,10-11,16-18,20,24,28-29H,8-9,12-15H2,1-6H3/b11-7-,19-10+/t20-,24+,27+/m0/s1. The highest BCUT2D eigenvalue weighted by molar-refractivity contribution is 5.86. The number of phenols is 1. The van der Waals surface area contributed by atoms with E-state index in [4.69, 9.17) is 4.74 Å². The van der Waals surface area contributed by atoms with Gasteiger partial charge < -0.3 is 14.9 Å². The molecule has 2 rings (SSSR count). The Labute approximate surface area is 188 Å². The molecule has 3 atom stereocenters. The van der Waals surface area contributed by atoms with Crippen LogP contribution in [-0.2, 0) is 11.2 Å². The van der Waals surface area contributed by atoms with Gasteiger partial charge in [0.25, 0.3) is 0 Å². The molecule has 0 aliphatic carbocycles. The van der Waals surface area contributed by atoms with Gasteiger partial charge in [-0.3, -0.25) is 4.79 Å². The molecule has 1 aromatic rings. The van der Waals surface area contributed by atoms with Crippen molar-refractivity contribution in [3.63, 3.8) is 0 Å². The number of aryl methyl sites for hydroxylation is 2. The van der Waals surface area contributed by atoms with Crippen molar-refractivity contribution in [2.45, 2.75) is 91.8 Å². The number of fused-ring (bicyclic) bond motifs is 1. The van der Waals surface area contributed by atoms with Crippen LogP contribution in [0.25, 0.3) is 0 Å². The Kier molecular flexibility index (Phi) is 8.93. The Morgan fingerprint density at radius 1 is 1.29 bits per heavy atom. The normalized spacial score (nSPS) is 21.1. The van der Waals surface area contributed by atoms with E-state index < -0.39 is 6.10 Å². The zero-order chi connectivity index (χ0) is 23.2. The quantitative estimate of drug-likeness (QED) is 0.444. The molecule has 0 radical (unpaired) electrons. The van der Waals surface area contributed by atoms with Gasteiger partial charge in [0.05, 0.1) is 0 Å². The predicted octanol–water partition coefficient (Wildman–Crippen LogP) is 6.07. The highest BCUT2D eigenvalue weighted by Gasteiger charge is 2.32. The van der Waals surface area contributed by atoms with Crippen LogP contribution in [0, 0.1) is 18.8 Å². The number of carbonyl (C=O) groups is 1. The Balaban J connectivity index is 1.83. The maximum absolute atomic E-state index is 12.2. The molecule has 0 saturated heterocycles. The van der Waals surface area contributed by atoms with Gasteiger partial charge in [-0.1, -0.05) is 44.6 Å². The van der Waals surface area contributed by atoms with Crippen molar-refractivity contribution >= 4 is 5.78 Å². The van der Waals surface area contributed by atoms with E-state index in [0.29, 0.717) is 18.1 Å². The second-order valence-corrected chi connectivity index (χ2v) is 9.86. The molecule has 0 unspecified atom stereocenters. The number of hydrogen-bond acceptors (Lipinski definition) is 4. The van der Waals surface area contributed by atoms with Crippen molar-refractivity contribution < 1.29 is 19.7 Å². The molecule has 0 spiro atoms. The lowest BCUT2D eigenvalue weighted by Crippen LogP contribution is -2.36. The first-order chi connectivity index (χ1) is 14.5. The molecule has 0 aromatic heterocycles. The van der Waals surface area contributed by atoms with E-state index >= 15 is 0 Å². The van der Waals surface area contributed by atoms with E-state index in [2.05, 4.69) is 19.9 Å². The summed E-state index contributed by atoms with van der Waals surface area (Å²) in [6.07, 6.45) is 10.4. The topological polar surface area (TPSA) is 66.8 Å². The number of hydrogen-bond donors (Lipinski definition) is 2. The Hall–Kier alpha value is -2.07. The zero-order valence-electron chi connectivity index (χ0n) is 20.1. The molecule has 4 nitrogen and oxygen atoms in total. The summed E-state index contributed by atoms with van der Waals surface area (Å²) in [5.41, 5.74) is 3.14. The van der Waals surface area contributed by atoms with Crippen LogP contribution in [0.3, 0.4) is 0 Å². The van der Waals surface area contributed by atoms with Gasteiger partial charge in [0.15, 0.2) is 5.78 Å². The van der Waals surface area contributed by atoms with E-state index in [1.54, 1.807) is 6.07 Å². The first kappa shape index (κ1) is 25.2. The molecule has 1 aromatic carbocycles. The summed E-state index contributed by atoms with van der Waals surface area (Å²) in [4.78, 5) is 12.2. The highest BCUT2D eigenvalue weighted by Crippen LogP contribution is 2.39. The molecule has 4 heteroatoms. The number of Topliss-reactive ketones (excluding diaryl/α,β-unsaturated/α-hetero) is 1.